The van der Waals surface area contributed by atoms with Crippen molar-refractivity contribution in [1.29, 1.82) is 0 Å². The van der Waals surface area contributed by atoms with Crippen LogP contribution in [0.2, 0.25) is 0 Å². The van der Waals surface area contributed by atoms with Gasteiger partial charge in [0.2, 0.25) is 0 Å². The number of rotatable bonds is 4. The second-order valence-electron chi connectivity index (χ2n) is 3.90. The summed E-state index contributed by atoms with van der Waals surface area (Å²) in [5, 5.41) is 3.48. The molecule has 0 bridgehead atoms. The molecule has 2 nitrogen and oxygen atoms in total. The first kappa shape index (κ1) is 11.0. The summed E-state index contributed by atoms with van der Waals surface area (Å²) in [6.07, 6.45) is 3.53. The number of aryl methyl sites for hydroxylation is 1. The molecule has 1 heterocycles. The molecule has 0 aliphatic rings. The van der Waals surface area contributed by atoms with Gasteiger partial charge in [0.15, 0.2) is 0 Å². The lowest BCUT2D eigenvalue weighted by molar-refractivity contribution is 0.552. The summed E-state index contributed by atoms with van der Waals surface area (Å²) in [7, 11) is 0. The van der Waals surface area contributed by atoms with Crippen LogP contribution in [0.4, 0.5) is 0 Å². The molecule has 1 N–H and O–H groups in total. The minimum Gasteiger partial charge on any atom is -0.472 e. The molecule has 16 heavy (non-hydrogen) atoms. The monoisotopic (exact) mass is 215 g/mol. The minimum atomic E-state index is 0.227. The summed E-state index contributed by atoms with van der Waals surface area (Å²) in [6.45, 7) is 5.19. The molecule has 1 atom stereocenters. The Morgan fingerprint density at radius 3 is 2.69 bits per heavy atom. The Hall–Kier alpha value is -1.54. The molecular formula is C14H17NO. The Morgan fingerprint density at radius 2 is 2.06 bits per heavy atom. The molecule has 2 aromatic rings. The fraction of sp³-hybridized carbons (Fsp3) is 0.286. The summed E-state index contributed by atoms with van der Waals surface area (Å²) in [4.78, 5) is 0. The average molecular weight is 215 g/mol. The molecule has 0 saturated carbocycles. The summed E-state index contributed by atoms with van der Waals surface area (Å²) in [5.74, 6) is 0. The van der Waals surface area contributed by atoms with E-state index in [1.165, 1.54) is 16.7 Å². The number of nitrogens with one attached hydrogen (secondary N) is 1. The van der Waals surface area contributed by atoms with Crippen molar-refractivity contribution in [3.63, 3.8) is 0 Å². The summed E-state index contributed by atoms with van der Waals surface area (Å²) in [6, 6.07) is 10.7. The van der Waals surface area contributed by atoms with E-state index in [1.54, 1.807) is 12.5 Å². The van der Waals surface area contributed by atoms with Gasteiger partial charge in [-0.1, -0.05) is 31.2 Å². The lowest BCUT2D eigenvalue weighted by Crippen LogP contribution is -2.22. The van der Waals surface area contributed by atoms with Crippen LogP contribution >= 0.6 is 0 Å². The number of furan rings is 1. The van der Waals surface area contributed by atoms with E-state index in [-0.39, 0.29) is 6.04 Å². The molecule has 0 spiro atoms. The normalized spacial score (nSPS) is 12.6. The van der Waals surface area contributed by atoms with E-state index in [0.717, 1.165) is 6.54 Å². The zero-order valence-corrected chi connectivity index (χ0v) is 9.73. The van der Waals surface area contributed by atoms with E-state index in [2.05, 4.69) is 43.4 Å². The van der Waals surface area contributed by atoms with E-state index in [4.69, 9.17) is 4.42 Å². The van der Waals surface area contributed by atoms with Crippen LogP contribution in [0.5, 0.6) is 0 Å². The highest BCUT2D eigenvalue weighted by atomic mass is 16.3. The summed E-state index contributed by atoms with van der Waals surface area (Å²) >= 11 is 0. The van der Waals surface area contributed by atoms with Crippen LogP contribution in [-0.2, 0) is 0 Å². The first-order valence-electron chi connectivity index (χ1n) is 5.64. The average Bonchev–Trinajstić information content (AvgIpc) is 2.80. The number of hydrogen-bond donors (Lipinski definition) is 1. The number of hydrogen-bond acceptors (Lipinski definition) is 2. The lowest BCUT2D eigenvalue weighted by atomic mass is 9.97. The molecule has 2 heteroatoms. The molecule has 0 saturated heterocycles. The molecule has 1 unspecified atom stereocenters. The van der Waals surface area contributed by atoms with Gasteiger partial charge in [0.1, 0.15) is 0 Å². The van der Waals surface area contributed by atoms with Gasteiger partial charge in [0, 0.05) is 5.56 Å². The minimum absolute atomic E-state index is 0.227. The van der Waals surface area contributed by atoms with Crippen LogP contribution in [0.15, 0.2) is 47.3 Å². The van der Waals surface area contributed by atoms with Gasteiger partial charge in [-0.3, -0.25) is 0 Å². The van der Waals surface area contributed by atoms with E-state index >= 15 is 0 Å². The standard InChI is InChI=1S/C14H17NO/c1-3-15-14(12-8-9-16-10-12)13-7-5-4-6-11(13)2/h4-10,14-15H,3H2,1-2H3. The SMILES string of the molecule is CCNC(c1ccoc1)c1ccccc1C. The Labute approximate surface area is 96.3 Å². The Morgan fingerprint density at radius 1 is 1.25 bits per heavy atom. The van der Waals surface area contributed by atoms with Gasteiger partial charge < -0.3 is 9.73 Å². The van der Waals surface area contributed by atoms with Crippen molar-refractivity contribution >= 4 is 0 Å². The van der Waals surface area contributed by atoms with Crippen molar-refractivity contribution in [2.24, 2.45) is 0 Å². The van der Waals surface area contributed by atoms with Crippen molar-refractivity contribution in [1.82, 2.24) is 5.32 Å². The van der Waals surface area contributed by atoms with Crippen LogP contribution in [0.3, 0.4) is 0 Å². The quantitative estimate of drug-likeness (QED) is 0.846. The smallest absolute Gasteiger partial charge is 0.0953 e. The Bertz CT molecular complexity index is 434. The molecule has 0 amide bonds. The molecule has 1 aromatic carbocycles. The van der Waals surface area contributed by atoms with E-state index in [9.17, 15) is 0 Å². The first-order valence-corrected chi connectivity index (χ1v) is 5.64. The topological polar surface area (TPSA) is 25.2 Å². The maximum absolute atomic E-state index is 5.16. The van der Waals surface area contributed by atoms with E-state index in [0.29, 0.717) is 0 Å². The molecule has 1 aromatic heterocycles. The predicted molar refractivity (Wildman–Crippen MR) is 65.4 cm³/mol. The van der Waals surface area contributed by atoms with E-state index < -0.39 is 0 Å². The highest BCUT2D eigenvalue weighted by Crippen LogP contribution is 2.24. The van der Waals surface area contributed by atoms with Gasteiger partial charge in [0.05, 0.1) is 18.6 Å². The molecule has 0 aliphatic carbocycles. The Balaban J connectivity index is 2.37. The molecule has 0 fully saturated rings. The third-order valence-electron chi connectivity index (χ3n) is 2.78. The fourth-order valence-corrected chi connectivity index (χ4v) is 1.96. The van der Waals surface area contributed by atoms with Crippen molar-refractivity contribution in [2.45, 2.75) is 19.9 Å². The van der Waals surface area contributed by atoms with Crippen LogP contribution in [-0.4, -0.2) is 6.54 Å². The van der Waals surface area contributed by atoms with Crippen LogP contribution < -0.4 is 5.32 Å². The second-order valence-corrected chi connectivity index (χ2v) is 3.90. The van der Waals surface area contributed by atoms with Crippen LogP contribution in [0.25, 0.3) is 0 Å². The summed E-state index contributed by atoms with van der Waals surface area (Å²) in [5.41, 5.74) is 3.79. The molecule has 0 aliphatic heterocycles. The van der Waals surface area contributed by atoms with Gasteiger partial charge in [-0.25, -0.2) is 0 Å². The fourth-order valence-electron chi connectivity index (χ4n) is 1.96. The maximum Gasteiger partial charge on any atom is 0.0953 e. The zero-order valence-electron chi connectivity index (χ0n) is 9.73. The largest absolute Gasteiger partial charge is 0.472 e. The molecule has 0 radical (unpaired) electrons. The molecule has 2 rings (SSSR count). The highest BCUT2D eigenvalue weighted by Gasteiger charge is 2.15. The van der Waals surface area contributed by atoms with Crippen LogP contribution in [0, 0.1) is 6.92 Å². The maximum atomic E-state index is 5.16. The van der Waals surface area contributed by atoms with Gasteiger partial charge in [-0.2, -0.15) is 0 Å². The van der Waals surface area contributed by atoms with E-state index in [1.807, 2.05) is 6.07 Å². The summed E-state index contributed by atoms with van der Waals surface area (Å²) < 4.78 is 5.16. The third-order valence-corrected chi connectivity index (χ3v) is 2.78. The van der Waals surface area contributed by atoms with Crippen molar-refractivity contribution in [2.75, 3.05) is 6.54 Å². The first-order chi connectivity index (χ1) is 7.83. The van der Waals surface area contributed by atoms with Gasteiger partial charge >= 0.3 is 0 Å². The predicted octanol–water partition coefficient (Wildman–Crippen LogP) is 3.29. The highest BCUT2D eigenvalue weighted by molar-refractivity contribution is 5.35. The zero-order chi connectivity index (χ0) is 11.4. The second kappa shape index (κ2) is 4.99. The van der Waals surface area contributed by atoms with Crippen molar-refractivity contribution in [3.05, 3.63) is 59.5 Å². The Kier molecular flexibility index (Phi) is 3.42. The third kappa shape index (κ3) is 2.17. The molecule has 84 valence electrons. The van der Waals surface area contributed by atoms with Gasteiger partial charge in [-0.05, 0) is 30.7 Å². The van der Waals surface area contributed by atoms with Gasteiger partial charge in [-0.15, -0.1) is 0 Å². The molecular weight excluding hydrogens is 198 g/mol. The van der Waals surface area contributed by atoms with Crippen molar-refractivity contribution < 1.29 is 4.42 Å². The van der Waals surface area contributed by atoms with Crippen molar-refractivity contribution in [3.8, 4) is 0 Å². The number of benzene rings is 1. The van der Waals surface area contributed by atoms with Crippen LogP contribution in [0.1, 0.15) is 29.7 Å². The lowest BCUT2D eigenvalue weighted by Gasteiger charge is -2.18. The van der Waals surface area contributed by atoms with Gasteiger partial charge in [0.25, 0.3) is 0 Å².